The van der Waals surface area contributed by atoms with Gasteiger partial charge in [0.1, 0.15) is 0 Å². The van der Waals surface area contributed by atoms with Crippen molar-refractivity contribution in [3.8, 4) is 45.6 Å². The third-order valence-electron chi connectivity index (χ3n) is 6.34. The average Bonchev–Trinajstić information content (AvgIpc) is 3.14. The lowest BCUT2D eigenvalue weighted by Crippen LogP contribution is -2.18. The number of hydrogen-bond acceptors (Lipinski definition) is 7. The summed E-state index contributed by atoms with van der Waals surface area (Å²) < 4.78 is 34.2. The molecule has 1 aliphatic heterocycles. The van der Waals surface area contributed by atoms with E-state index in [1.807, 2.05) is 12.1 Å². The summed E-state index contributed by atoms with van der Waals surface area (Å²) in [6.45, 7) is 2.82. The first-order valence-corrected chi connectivity index (χ1v) is 9.92. The van der Waals surface area contributed by atoms with Crippen LogP contribution in [0.4, 0.5) is 0 Å². The highest BCUT2D eigenvalue weighted by molar-refractivity contribution is 5.88. The average molecular weight is 416 g/mol. The molecule has 1 N–H and O–H groups in total. The lowest BCUT2D eigenvalue weighted by Gasteiger charge is -2.30. The van der Waals surface area contributed by atoms with Gasteiger partial charge < -0.3 is 33.5 Å². The van der Waals surface area contributed by atoms with Crippen LogP contribution in [0.25, 0.3) is 11.1 Å². The second-order valence-corrected chi connectivity index (χ2v) is 7.68. The van der Waals surface area contributed by atoms with Gasteiger partial charge >= 0.3 is 0 Å². The van der Waals surface area contributed by atoms with Gasteiger partial charge in [-0.05, 0) is 41.5 Å². The van der Waals surface area contributed by atoms with Crippen LogP contribution in [-0.2, 0) is 11.2 Å². The summed E-state index contributed by atoms with van der Waals surface area (Å²) >= 11 is 0. The molecule has 0 amide bonds. The molecule has 0 radical (unpaired) electrons. The normalized spacial score (nSPS) is 21.7. The van der Waals surface area contributed by atoms with Gasteiger partial charge in [-0.25, -0.2) is 0 Å². The third-order valence-corrected chi connectivity index (χ3v) is 6.34. The standard InChI is InChI=1S/C23H28O7/c1-11-13-7-12-8-15(25-2)22(28-5)23(29-6)17(12)18-14(20(11)30-10-13)9-16(26-3)21(27-4)19(18)24/h8-9,11,13,20,24H,7,10H2,1-6H3. The molecule has 1 fully saturated rings. The molecule has 0 spiro atoms. The van der Waals surface area contributed by atoms with Crippen LogP contribution in [0.1, 0.15) is 24.2 Å². The minimum Gasteiger partial charge on any atom is -0.504 e. The number of ether oxygens (including phenoxy) is 6. The smallest absolute Gasteiger partial charge is 0.203 e. The maximum absolute atomic E-state index is 11.3. The maximum Gasteiger partial charge on any atom is 0.203 e. The number of fused-ring (bicyclic) bond motifs is 6. The van der Waals surface area contributed by atoms with E-state index in [9.17, 15) is 5.11 Å². The zero-order valence-corrected chi connectivity index (χ0v) is 18.2. The van der Waals surface area contributed by atoms with E-state index in [2.05, 4.69) is 6.92 Å². The fraction of sp³-hybridized carbons (Fsp3) is 0.478. The molecule has 3 atom stereocenters. The molecular formula is C23H28O7. The number of rotatable bonds is 5. The predicted molar refractivity (Wildman–Crippen MR) is 111 cm³/mol. The van der Waals surface area contributed by atoms with Gasteiger partial charge in [-0.1, -0.05) is 6.92 Å². The molecule has 1 saturated heterocycles. The van der Waals surface area contributed by atoms with Crippen molar-refractivity contribution in [3.63, 3.8) is 0 Å². The van der Waals surface area contributed by atoms with Crippen molar-refractivity contribution in [1.82, 2.24) is 0 Å². The highest BCUT2D eigenvalue weighted by atomic mass is 16.5. The Morgan fingerprint density at radius 3 is 2.07 bits per heavy atom. The van der Waals surface area contributed by atoms with Crippen LogP contribution in [0.15, 0.2) is 12.1 Å². The molecule has 162 valence electrons. The quantitative estimate of drug-likeness (QED) is 0.790. The molecule has 7 nitrogen and oxygen atoms in total. The molecule has 30 heavy (non-hydrogen) atoms. The van der Waals surface area contributed by atoms with E-state index in [1.165, 1.54) is 7.11 Å². The molecule has 0 saturated carbocycles. The Hall–Kier alpha value is -2.80. The largest absolute Gasteiger partial charge is 0.504 e. The maximum atomic E-state index is 11.3. The zero-order valence-electron chi connectivity index (χ0n) is 18.2. The summed E-state index contributed by atoms with van der Waals surface area (Å²) in [5.74, 6) is 2.84. The molecule has 2 aliphatic rings. The molecule has 1 heterocycles. The third kappa shape index (κ3) is 2.83. The molecular weight excluding hydrogens is 388 g/mol. The SMILES string of the molecule is COc1cc2c(c(O)c1OC)-c1c(cc(OC)c(OC)c1OC)CC1COC2C1C. The Labute approximate surface area is 176 Å². The second-order valence-electron chi connectivity index (χ2n) is 7.68. The fourth-order valence-corrected chi connectivity index (χ4v) is 4.80. The number of phenols is 1. The minimum atomic E-state index is -0.179. The lowest BCUT2D eigenvalue weighted by molar-refractivity contribution is 0.0936. The van der Waals surface area contributed by atoms with Crippen molar-refractivity contribution in [1.29, 1.82) is 0 Å². The summed E-state index contributed by atoms with van der Waals surface area (Å²) in [6, 6.07) is 3.85. The molecule has 2 bridgehead atoms. The van der Waals surface area contributed by atoms with Crippen LogP contribution in [-0.4, -0.2) is 47.3 Å². The summed E-state index contributed by atoms with van der Waals surface area (Å²) in [5.41, 5.74) is 3.20. The van der Waals surface area contributed by atoms with E-state index in [-0.39, 0.29) is 23.5 Å². The van der Waals surface area contributed by atoms with Gasteiger partial charge in [-0.15, -0.1) is 0 Å². The molecule has 7 heteroatoms. The van der Waals surface area contributed by atoms with Crippen LogP contribution >= 0.6 is 0 Å². The van der Waals surface area contributed by atoms with E-state index in [0.29, 0.717) is 41.1 Å². The predicted octanol–water partition coefficient (Wildman–Crippen LogP) is 3.98. The van der Waals surface area contributed by atoms with Gasteiger partial charge in [0.2, 0.25) is 11.5 Å². The van der Waals surface area contributed by atoms with Gasteiger partial charge in [0.25, 0.3) is 0 Å². The van der Waals surface area contributed by atoms with Gasteiger partial charge in [0, 0.05) is 11.1 Å². The van der Waals surface area contributed by atoms with E-state index in [0.717, 1.165) is 23.1 Å². The number of benzene rings is 2. The van der Waals surface area contributed by atoms with Gasteiger partial charge in [0.15, 0.2) is 23.0 Å². The van der Waals surface area contributed by atoms with Crippen molar-refractivity contribution < 1.29 is 33.5 Å². The Morgan fingerprint density at radius 2 is 1.47 bits per heavy atom. The first kappa shape index (κ1) is 20.5. The van der Waals surface area contributed by atoms with Crippen LogP contribution in [0.2, 0.25) is 0 Å². The molecule has 4 rings (SSSR count). The first-order chi connectivity index (χ1) is 14.5. The topological polar surface area (TPSA) is 75.6 Å². The highest BCUT2D eigenvalue weighted by Gasteiger charge is 2.42. The van der Waals surface area contributed by atoms with Gasteiger partial charge in [-0.3, -0.25) is 0 Å². The van der Waals surface area contributed by atoms with Gasteiger partial charge in [0.05, 0.1) is 48.3 Å². The molecule has 3 unspecified atom stereocenters. The summed E-state index contributed by atoms with van der Waals surface area (Å²) in [4.78, 5) is 0. The number of methoxy groups -OCH3 is 5. The Kier molecular flexibility index (Phi) is 5.32. The van der Waals surface area contributed by atoms with Crippen molar-refractivity contribution in [2.24, 2.45) is 11.8 Å². The highest BCUT2D eigenvalue weighted by Crippen LogP contribution is 2.58. The summed E-state index contributed by atoms with van der Waals surface area (Å²) in [5, 5.41) is 11.3. The fourth-order valence-electron chi connectivity index (χ4n) is 4.80. The monoisotopic (exact) mass is 416 g/mol. The van der Waals surface area contributed by atoms with Crippen LogP contribution in [0.3, 0.4) is 0 Å². The van der Waals surface area contributed by atoms with Crippen molar-refractivity contribution >= 4 is 0 Å². The first-order valence-electron chi connectivity index (χ1n) is 9.92. The Bertz CT molecular complexity index is 969. The van der Waals surface area contributed by atoms with Crippen LogP contribution in [0, 0.1) is 11.8 Å². The Balaban J connectivity index is 2.15. The van der Waals surface area contributed by atoms with Gasteiger partial charge in [-0.2, -0.15) is 0 Å². The van der Waals surface area contributed by atoms with Crippen molar-refractivity contribution in [2.75, 3.05) is 42.2 Å². The minimum absolute atomic E-state index is 0.0141. The van der Waals surface area contributed by atoms with Crippen LogP contribution < -0.4 is 23.7 Å². The van der Waals surface area contributed by atoms with E-state index >= 15 is 0 Å². The Morgan fingerprint density at radius 1 is 0.833 bits per heavy atom. The number of hydrogen-bond donors (Lipinski definition) is 1. The number of phenolic OH excluding ortho intramolecular Hbond substituents is 1. The summed E-state index contributed by atoms with van der Waals surface area (Å²) in [7, 11) is 7.81. The number of aromatic hydroxyl groups is 1. The molecule has 2 aromatic carbocycles. The second kappa shape index (κ2) is 7.80. The molecule has 1 aliphatic carbocycles. The van der Waals surface area contributed by atoms with Crippen molar-refractivity contribution in [3.05, 3.63) is 23.3 Å². The van der Waals surface area contributed by atoms with E-state index in [1.54, 1.807) is 28.4 Å². The van der Waals surface area contributed by atoms with E-state index < -0.39 is 0 Å². The van der Waals surface area contributed by atoms with Crippen molar-refractivity contribution in [2.45, 2.75) is 19.4 Å². The van der Waals surface area contributed by atoms with Crippen LogP contribution in [0.5, 0.6) is 34.5 Å². The zero-order chi connectivity index (χ0) is 21.6. The molecule has 0 aromatic heterocycles. The summed E-state index contributed by atoms with van der Waals surface area (Å²) in [6.07, 6.45) is 0.582. The molecule has 2 aromatic rings. The lowest BCUT2D eigenvalue weighted by atomic mass is 9.77. The van der Waals surface area contributed by atoms with E-state index in [4.69, 9.17) is 28.4 Å².